The number of nitrogens with zero attached hydrogens (tertiary/aromatic N) is 3. The van der Waals surface area contributed by atoms with E-state index < -0.39 is 0 Å². The Morgan fingerprint density at radius 1 is 1.11 bits per heavy atom. The van der Waals surface area contributed by atoms with Crippen molar-refractivity contribution in [2.45, 2.75) is 19.0 Å². The maximum Gasteiger partial charge on any atom is 0.221 e. The van der Waals surface area contributed by atoms with Gasteiger partial charge in [-0.05, 0) is 66.8 Å². The number of ether oxygens (including phenoxy) is 1. The van der Waals surface area contributed by atoms with Crippen molar-refractivity contribution in [2.75, 3.05) is 17.3 Å². The lowest BCUT2D eigenvalue weighted by atomic mass is 10.0. The van der Waals surface area contributed by atoms with Crippen molar-refractivity contribution < 1.29 is 13.9 Å². The number of pyridine rings is 1. The molecule has 5 rings (SSSR count). The highest BCUT2D eigenvalue weighted by Gasteiger charge is 2.42. The maximum atomic E-state index is 14.9. The first-order valence-electron chi connectivity index (χ1n) is 11.4. The highest BCUT2D eigenvalue weighted by molar-refractivity contribution is 7.80. The Morgan fingerprint density at radius 3 is 2.64 bits per heavy atom. The number of rotatable bonds is 6. The van der Waals surface area contributed by atoms with Gasteiger partial charge < -0.3 is 24.8 Å². The first-order chi connectivity index (χ1) is 17.5. The minimum absolute atomic E-state index is 0.219. The molecular weight excluding hydrogens is 477 g/mol. The molecule has 0 saturated carbocycles. The van der Waals surface area contributed by atoms with E-state index in [1.54, 1.807) is 37.6 Å². The zero-order valence-corrected chi connectivity index (χ0v) is 20.5. The Morgan fingerprint density at radius 2 is 1.92 bits per heavy atom. The number of nitrogens with one attached hydrogen (secondary N) is 2. The Hall–Kier alpha value is -4.24. The van der Waals surface area contributed by atoms with Crippen LogP contribution in [0.25, 0.3) is 5.69 Å². The summed E-state index contributed by atoms with van der Waals surface area (Å²) < 4.78 is 22.1. The van der Waals surface area contributed by atoms with E-state index in [0.717, 1.165) is 17.1 Å². The molecule has 1 amide bonds. The molecule has 2 unspecified atom stereocenters. The van der Waals surface area contributed by atoms with Crippen LogP contribution in [-0.2, 0) is 4.79 Å². The summed E-state index contributed by atoms with van der Waals surface area (Å²) in [6.45, 7) is 1.44. The van der Waals surface area contributed by atoms with Crippen molar-refractivity contribution in [3.63, 3.8) is 0 Å². The summed E-state index contributed by atoms with van der Waals surface area (Å²) in [5.41, 5.74) is 3.31. The highest BCUT2D eigenvalue weighted by atomic mass is 32.1. The van der Waals surface area contributed by atoms with E-state index in [0.29, 0.717) is 22.2 Å². The second-order valence-corrected chi connectivity index (χ2v) is 8.70. The van der Waals surface area contributed by atoms with E-state index in [9.17, 15) is 9.18 Å². The minimum Gasteiger partial charge on any atom is -0.495 e. The molecule has 9 heteroatoms. The molecule has 7 nitrogen and oxygen atoms in total. The fourth-order valence-corrected chi connectivity index (χ4v) is 4.91. The third-order valence-electron chi connectivity index (χ3n) is 6.07. The van der Waals surface area contributed by atoms with Gasteiger partial charge in [0.15, 0.2) is 5.11 Å². The normalized spacial score (nSPS) is 17.1. The Bertz CT molecular complexity index is 1420. The molecule has 3 heterocycles. The van der Waals surface area contributed by atoms with Crippen LogP contribution in [0.5, 0.6) is 5.75 Å². The van der Waals surface area contributed by atoms with Gasteiger partial charge in [0, 0.05) is 30.7 Å². The number of thiocarbonyl (C=S) groups is 1. The van der Waals surface area contributed by atoms with Gasteiger partial charge in [-0.3, -0.25) is 9.78 Å². The van der Waals surface area contributed by atoms with E-state index in [2.05, 4.69) is 15.6 Å². The van der Waals surface area contributed by atoms with Gasteiger partial charge in [-0.15, -0.1) is 0 Å². The summed E-state index contributed by atoms with van der Waals surface area (Å²) in [6, 6.07) is 21.0. The van der Waals surface area contributed by atoms with Gasteiger partial charge >= 0.3 is 0 Å². The highest BCUT2D eigenvalue weighted by Crippen LogP contribution is 2.43. The molecule has 182 valence electrons. The predicted octanol–water partition coefficient (Wildman–Crippen LogP) is 5.16. The smallest absolute Gasteiger partial charge is 0.221 e. The number of benzene rings is 2. The molecule has 1 aliphatic rings. The molecule has 4 aromatic rings. The van der Waals surface area contributed by atoms with Crippen LogP contribution in [0.1, 0.15) is 30.4 Å². The van der Waals surface area contributed by atoms with Crippen molar-refractivity contribution in [1.29, 1.82) is 0 Å². The van der Waals surface area contributed by atoms with Crippen LogP contribution in [0.2, 0.25) is 0 Å². The standard InChI is InChI=1S/C27H24FN5O2S/c1-17(34)30-21-16-18(12-13-24(21)35-2)33-26(25(31-27(33)36)20-9-5-6-14-29-20)23-11-7-15-32(23)22-10-4-3-8-19(22)28/h3-16,25-26H,1-2H3,(H,30,34)(H,31,36). The SMILES string of the molecule is COc1ccc(N2C(=S)NC(c3ccccn3)C2c2cccn2-c2ccccc2F)cc1NC(C)=O. The monoisotopic (exact) mass is 501 g/mol. The van der Waals surface area contributed by atoms with Crippen LogP contribution in [0.15, 0.2) is 85.2 Å². The molecule has 2 aromatic heterocycles. The fourth-order valence-electron chi connectivity index (χ4n) is 4.57. The fraction of sp³-hybridized carbons (Fsp3) is 0.148. The lowest BCUT2D eigenvalue weighted by molar-refractivity contribution is -0.114. The Kier molecular flexibility index (Phi) is 6.39. The number of amides is 1. The number of halogens is 1. The third-order valence-corrected chi connectivity index (χ3v) is 6.38. The van der Waals surface area contributed by atoms with E-state index >= 15 is 0 Å². The number of hydrogen-bond donors (Lipinski definition) is 2. The van der Waals surface area contributed by atoms with Crippen LogP contribution in [-0.4, -0.2) is 27.7 Å². The molecular formula is C27H24FN5O2S. The molecule has 0 aliphatic carbocycles. The van der Waals surface area contributed by atoms with Gasteiger partial charge in [0.05, 0.1) is 30.2 Å². The lowest BCUT2D eigenvalue weighted by Gasteiger charge is -2.29. The Balaban J connectivity index is 1.67. The molecule has 36 heavy (non-hydrogen) atoms. The first-order valence-corrected chi connectivity index (χ1v) is 11.8. The van der Waals surface area contributed by atoms with E-state index in [-0.39, 0.29) is 23.8 Å². The molecule has 1 aliphatic heterocycles. The zero-order chi connectivity index (χ0) is 25.2. The number of para-hydroxylation sites is 1. The molecule has 2 aromatic carbocycles. The summed E-state index contributed by atoms with van der Waals surface area (Å²) >= 11 is 5.81. The van der Waals surface area contributed by atoms with Crippen molar-refractivity contribution in [3.05, 3.63) is 102 Å². The van der Waals surface area contributed by atoms with Gasteiger partial charge in [-0.25, -0.2) is 4.39 Å². The van der Waals surface area contributed by atoms with Crippen LogP contribution in [0, 0.1) is 5.82 Å². The molecule has 2 atom stereocenters. The quantitative estimate of drug-likeness (QED) is 0.356. The lowest BCUT2D eigenvalue weighted by Crippen LogP contribution is -2.30. The summed E-state index contributed by atoms with van der Waals surface area (Å²) in [4.78, 5) is 18.4. The van der Waals surface area contributed by atoms with Crippen LogP contribution in [0.4, 0.5) is 15.8 Å². The van der Waals surface area contributed by atoms with Gasteiger partial charge in [0.25, 0.3) is 0 Å². The minimum atomic E-state index is -0.374. The number of aromatic nitrogens is 2. The molecule has 1 saturated heterocycles. The van der Waals surface area contributed by atoms with Crippen molar-refractivity contribution in [3.8, 4) is 11.4 Å². The number of carbonyl (C=O) groups is 1. The average Bonchev–Trinajstić information content (AvgIpc) is 3.48. The molecule has 0 radical (unpaired) electrons. The summed E-state index contributed by atoms with van der Waals surface area (Å²) in [6.07, 6.45) is 3.57. The van der Waals surface area contributed by atoms with E-state index in [1.807, 2.05) is 58.1 Å². The van der Waals surface area contributed by atoms with Crippen LogP contribution < -0.4 is 20.3 Å². The average molecular weight is 502 g/mol. The number of methoxy groups -OCH3 is 1. The summed E-state index contributed by atoms with van der Waals surface area (Å²) in [5.74, 6) is -0.0229. The largest absolute Gasteiger partial charge is 0.495 e. The molecule has 0 spiro atoms. The molecule has 1 fully saturated rings. The first kappa shape index (κ1) is 23.5. The number of hydrogen-bond acceptors (Lipinski definition) is 4. The van der Waals surface area contributed by atoms with Gasteiger partial charge in [0.2, 0.25) is 5.91 Å². The summed E-state index contributed by atoms with van der Waals surface area (Å²) in [5, 5.41) is 6.71. The third kappa shape index (κ3) is 4.29. The predicted molar refractivity (Wildman–Crippen MR) is 141 cm³/mol. The van der Waals surface area contributed by atoms with E-state index in [1.165, 1.54) is 13.0 Å². The van der Waals surface area contributed by atoms with Gasteiger partial charge in [0.1, 0.15) is 17.6 Å². The van der Waals surface area contributed by atoms with E-state index in [4.69, 9.17) is 17.0 Å². The van der Waals surface area contributed by atoms with Crippen LogP contribution in [0.3, 0.4) is 0 Å². The number of anilines is 2. The van der Waals surface area contributed by atoms with Gasteiger partial charge in [-0.2, -0.15) is 0 Å². The second-order valence-electron chi connectivity index (χ2n) is 8.32. The van der Waals surface area contributed by atoms with Crippen molar-refractivity contribution >= 4 is 34.6 Å². The second kappa shape index (κ2) is 9.79. The summed E-state index contributed by atoms with van der Waals surface area (Å²) in [7, 11) is 1.55. The molecule has 0 bridgehead atoms. The van der Waals surface area contributed by atoms with Crippen LogP contribution >= 0.6 is 12.2 Å². The zero-order valence-electron chi connectivity index (χ0n) is 19.7. The number of carbonyl (C=O) groups excluding carboxylic acids is 1. The molecule has 2 N–H and O–H groups in total. The van der Waals surface area contributed by atoms with Crippen molar-refractivity contribution in [1.82, 2.24) is 14.9 Å². The van der Waals surface area contributed by atoms with Crippen molar-refractivity contribution in [2.24, 2.45) is 0 Å². The Labute approximate surface area is 213 Å². The van der Waals surface area contributed by atoms with Gasteiger partial charge in [-0.1, -0.05) is 18.2 Å². The maximum absolute atomic E-state index is 14.9. The topological polar surface area (TPSA) is 71.4 Å².